The van der Waals surface area contributed by atoms with Crippen LogP contribution in [0.1, 0.15) is 25.3 Å². The van der Waals surface area contributed by atoms with Crippen LogP contribution in [-0.4, -0.2) is 16.8 Å². The first-order valence-corrected chi connectivity index (χ1v) is 5.00. The SMILES string of the molecule is CC1(c2ccc(O)c(O)c2F)CCCN1. The van der Waals surface area contributed by atoms with E-state index < -0.39 is 22.9 Å². The van der Waals surface area contributed by atoms with Gasteiger partial charge in [0.1, 0.15) is 0 Å². The van der Waals surface area contributed by atoms with E-state index in [1.54, 1.807) is 0 Å². The normalized spacial score (nSPS) is 25.7. The van der Waals surface area contributed by atoms with Crippen LogP contribution in [0, 0.1) is 5.82 Å². The molecule has 1 aromatic carbocycles. The third-order valence-electron chi connectivity index (χ3n) is 3.06. The van der Waals surface area contributed by atoms with E-state index in [0.29, 0.717) is 5.56 Å². The highest BCUT2D eigenvalue weighted by Gasteiger charge is 2.33. The van der Waals surface area contributed by atoms with E-state index in [0.717, 1.165) is 19.4 Å². The molecule has 0 spiro atoms. The maximum Gasteiger partial charge on any atom is 0.194 e. The summed E-state index contributed by atoms with van der Waals surface area (Å²) in [6, 6.07) is 2.84. The molecular weight excluding hydrogens is 197 g/mol. The van der Waals surface area contributed by atoms with E-state index in [1.807, 2.05) is 6.92 Å². The van der Waals surface area contributed by atoms with E-state index in [4.69, 9.17) is 5.11 Å². The summed E-state index contributed by atoms with van der Waals surface area (Å²) in [5.41, 5.74) is -0.0229. The molecule has 4 heteroatoms. The fraction of sp³-hybridized carbons (Fsp3) is 0.455. The zero-order valence-corrected chi connectivity index (χ0v) is 8.55. The molecule has 1 heterocycles. The van der Waals surface area contributed by atoms with Crippen LogP contribution in [0.4, 0.5) is 4.39 Å². The van der Waals surface area contributed by atoms with Crippen molar-refractivity contribution in [1.29, 1.82) is 0 Å². The second-order valence-electron chi connectivity index (χ2n) is 4.16. The van der Waals surface area contributed by atoms with Crippen molar-refractivity contribution in [2.45, 2.75) is 25.3 Å². The molecule has 1 unspecified atom stereocenters. The van der Waals surface area contributed by atoms with Gasteiger partial charge in [-0.25, -0.2) is 4.39 Å². The van der Waals surface area contributed by atoms with Crippen molar-refractivity contribution in [2.24, 2.45) is 0 Å². The van der Waals surface area contributed by atoms with Crippen molar-refractivity contribution >= 4 is 0 Å². The highest BCUT2D eigenvalue weighted by Crippen LogP contribution is 2.38. The van der Waals surface area contributed by atoms with Crippen LogP contribution in [0.3, 0.4) is 0 Å². The second-order valence-corrected chi connectivity index (χ2v) is 4.16. The lowest BCUT2D eigenvalue weighted by Crippen LogP contribution is -2.34. The lowest BCUT2D eigenvalue weighted by Gasteiger charge is -2.25. The number of hydrogen-bond donors (Lipinski definition) is 3. The van der Waals surface area contributed by atoms with E-state index in [1.165, 1.54) is 12.1 Å². The molecule has 3 nitrogen and oxygen atoms in total. The zero-order valence-electron chi connectivity index (χ0n) is 8.55. The predicted molar refractivity (Wildman–Crippen MR) is 54.3 cm³/mol. The molecule has 1 aromatic rings. The Morgan fingerprint density at radius 1 is 1.40 bits per heavy atom. The molecular formula is C11H14FNO2. The molecule has 82 valence electrons. The Labute approximate surface area is 87.6 Å². The van der Waals surface area contributed by atoms with Gasteiger partial charge >= 0.3 is 0 Å². The molecule has 0 saturated carbocycles. The van der Waals surface area contributed by atoms with Crippen molar-refractivity contribution in [3.05, 3.63) is 23.5 Å². The van der Waals surface area contributed by atoms with Crippen LogP contribution < -0.4 is 5.32 Å². The summed E-state index contributed by atoms with van der Waals surface area (Å²) in [7, 11) is 0. The molecule has 1 atom stereocenters. The molecule has 1 saturated heterocycles. The summed E-state index contributed by atoms with van der Waals surface area (Å²) >= 11 is 0. The number of phenolic OH excluding ortho intramolecular Hbond substituents is 2. The van der Waals surface area contributed by atoms with Gasteiger partial charge in [0.2, 0.25) is 0 Å². The van der Waals surface area contributed by atoms with E-state index in [9.17, 15) is 9.50 Å². The molecule has 2 rings (SSSR count). The standard InChI is InChI=1S/C11H14FNO2/c1-11(5-2-6-13-11)7-3-4-8(14)10(15)9(7)12/h3-4,13-15H,2,5-6H2,1H3. The number of benzene rings is 1. The van der Waals surface area contributed by atoms with Crippen molar-refractivity contribution in [1.82, 2.24) is 5.32 Å². The van der Waals surface area contributed by atoms with Gasteiger partial charge in [-0.2, -0.15) is 0 Å². The number of halogens is 1. The molecule has 1 fully saturated rings. The van der Waals surface area contributed by atoms with Crippen molar-refractivity contribution < 1.29 is 14.6 Å². The van der Waals surface area contributed by atoms with Crippen molar-refractivity contribution in [3.63, 3.8) is 0 Å². The molecule has 0 aliphatic carbocycles. The van der Waals surface area contributed by atoms with Crippen LogP contribution in [0.5, 0.6) is 11.5 Å². The molecule has 0 radical (unpaired) electrons. The van der Waals surface area contributed by atoms with Gasteiger partial charge in [-0.05, 0) is 32.4 Å². The average molecular weight is 211 g/mol. The maximum atomic E-state index is 13.7. The Balaban J connectivity index is 2.49. The quantitative estimate of drug-likeness (QED) is 0.621. The number of rotatable bonds is 1. The Kier molecular flexibility index (Phi) is 2.31. The Morgan fingerprint density at radius 2 is 2.13 bits per heavy atom. The summed E-state index contributed by atoms with van der Waals surface area (Å²) < 4.78 is 13.7. The Morgan fingerprint density at radius 3 is 2.73 bits per heavy atom. The summed E-state index contributed by atoms with van der Waals surface area (Å²) in [6.07, 6.45) is 1.81. The lowest BCUT2D eigenvalue weighted by molar-refractivity contribution is 0.357. The van der Waals surface area contributed by atoms with E-state index in [2.05, 4.69) is 5.32 Å². The average Bonchev–Trinajstić information content (AvgIpc) is 2.62. The highest BCUT2D eigenvalue weighted by atomic mass is 19.1. The van der Waals surface area contributed by atoms with E-state index in [-0.39, 0.29) is 0 Å². The Bertz CT molecular complexity index is 386. The van der Waals surface area contributed by atoms with Gasteiger partial charge in [-0.1, -0.05) is 6.07 Å². The fourth-order valence-electron chi connectivity index (χ4n) is 2.11. The summed E-state index contributed by atoms with van der Waals surface area (Å²) in [4.78, 5) is 0. The number of hydrogen-bond acceptors (Lipinski definition) is 3. The van der Waals surface area contributed by atoms with Gasteiger partial charge in [0, 0.05) is 11.1 Å². The Hall–Kier alpha value is -1.29. The second kappa shape index (κ2) is 3.38. The highest BCUT2D eigenvalue weighted by molar-refractivity contribution is 5.44. The third-order valence-corrected chi connectivity index (χ3v) is 3.06. The minimum atomic E-state index is -0.730. The zero-order chi connectivity index (χ0) is 11.1. The smallest absolute Gasteiger partial charge is 0.194 e. The number of aromatic hydroxyl groups is 2. The molecule has 0 amide bonds. The first-order valence-electron chi connectivity index (χ1n) is 5.00. The lowest BCUT2D eigenvalue weighted by atomic mass is 9.90. The van der Waals surface area contributed by atoms with Crippen molar-refractivity contribution in [3.8, 4) is 11.5 Å². The summed E-state index contributed by atoms with van der Waals surface area (Å²) in [5.74, 6) is -1.81. The van der Waals surface area contributed by atoms with Crippen LogP contribution in [0.2, 0.25) is 0 Å². The third kappa shape index (κ3) is 1.55. The monoisotopic (exact) mass is 211 g/mol. The maximum absolute atomic E-state index is 13.7. The van der Waals surface area contributed by atoms with Gasteiger partial charge in [0.25, 0.3) is 0 Å². The van der Waals surface area contributed by atoms with Crippen molar-refractivity contribution in [2.75, 3.05) is 6.54 Å². The van der Waals surface area contributed by atoms with Gasteiger partial charge in [-0.15, -0.1) is 0 Å². The first kappa shape index (κ1) is 10.2. The largest absolute Gasteiger partial charge is 0.504 e. The molecule has 0 bridgehead atoms. The van der Waals surface area contributed by atoms with Gasteiger partial charge in [0.15, 0.2) is 17.3 Å². The fourth-order valence-corrected chi connectivity index (χ4v) is 2.11. The molecule has 1 aliphatic rings. The minimum Gasteiger partial charge on any atom is -0.504 e. The van der Waals surface area contributed by atoms with Gasteiger partial charge in [-0.3, -0.25) is 0 Å². The molecule has 3 N–H and O–H groups in total. The first-order chi connectivity index (χ1) is 7.04. The van der Waals surface area contributed by atoms with Crippen LogP contribution >= 0.6 is 0 Å². The number of phenols is 2. The minimum absolute atomic E-state index is 0.412. The van der Waals surface area contributed by atoms with E-state index >= 15 is 0 Å². The molecule has 1 aliphatic heterocycles. The van der Waals surface area contributed by atoms with Gasteiger partial charge in [0.05, 0.1) is 0 Å². The molecule has 0 aromatic heterocycles. The number of nitrogens with one attached hydrogen (secondary N) is 1. The molecule has 15 heavy (non-hydrogen) atoms. The summed E-state index contributed by atoms with van der Waals surface area (Å²) in [5, 5.41) is 21.7. The topological polar surface area (TPSA) is 52.5 Å². The predicted octanol–water partition coefficient (Wildman–Crippen LogP) is 1.84. The van der Waals surface area contributed by atoms with Gasteiger partial charge < -0.3 is 15.5 Å². The van der Waals surface area contributed by atoms with Crippen LogP contribution in [0.25, 0.3) is 0 Å². The van der Waals surface area contributed by atoms with Crippen LogP contribution in [-0.2, 0) is 5.54 Å². The summed E-state index contributed by atoms with van der Waals surface area (Å²) in [6.45, 7) is 2.74. The van der Waals surface area contributed by atoms with Crippen LogP contribution in [0.15, 0.2) is 12.1 Å².